The quantitative estimate of drug-likeness (QED) is 0.0950. The maximum absolute atomic E-state index is 12.2. The third-order valence-electron chi connectivity index (χ3n) is 8.36. The minimum Gasteiger partial charge on any atom is -0.493 e. The molecule has 4 nitrogen and oxygen atoms in total. The smallest absolute Gasteiger partial charge is 0.289 e. The van der Waals surface area contributed by atoms with E-state index in [0.29, 0.717) is 25.0 Å². The maximum atomic E-state index is 12.2. The number of hydrogen-bond donors (Lipinski definition) is 0. The summed E-state index contributed by atoms with van der Waals surface area (Å²) in [5.74, 6) is 2.97. The largest absolute Gasteiger partial charge is 0.493 e. The normalized spacial score (nSPS) is 10.8. The minimum absolute atomic E-state index is 0.119. The molecule has 0 unspecified atom stereocenters. The number of aryl methyl sites for hydroxylation is 2. The van der Waals surface area contributed by atoms with Crippen LogP contribution in [0.2, 0.25) is 0 Å². The molecule has 0 aliphatic carbocycles. The molecule has 59 heavy (non-hydrogen) atoms. The number of hydrogen-bond acceptors (Lipinski definition) is 11. The summed E-state index contributed by atoms with van der Waals surface area (Å²) in [6.07, 6.45) is 2.05. The van der Waals surface area contributed by atoms with Crippen molar-refractivity contribution in [2.45, 2.75) is 73.3 Å². The van der Waals surface area contributed by atoms with Gasteiger partial charge >= 0.3 is 0 Å². The standard InChI is InChI=1S/C21H22O2S3.C15H18O2S2.C12H10S2/c1-14(2)11-12-23-18-10-9-15(3)13-17(18)19-20(26-21(22)25-19)24-16-7-5-4-6-8-16;1-10(2)6-7-17-13-5-4-11(3)8-12(13)14-9-18-15(16)19-14;1-3-7-11(8-4-1)13-14-12-9-5-2-6-10-12/h4-10,13-14H,11-12H2,1-3H3;4-5,8-10H,6-7H2,1-3H3;1-10H. The molecule has 2 aromatic heterocycles. The van der Waals surface area contributed by atoms with Crippen LogP contribution in [0.4, 0.5) is 0 Å². The first-order valence-electron chi connectivity index (χ1n) is 19.4. The molecule has 308 valence electrons. The van der Waals surface area contributed by atoms with E-state index < -0.39 is 0 Å². The van der Waals surface area contributed by atoms with Gasteiger partial charge in [0.2, 0.25) is 0 Å². The van der Waals surface area contributed by atoms with Gasteiger partial charge in [-0.25, -0.2) is 0 Å². The zero-order valence-corrected chi connectivity index (χ0v) is 39.9. The Morgan fingerprint density at radius 1 is 0.542 bits per heavy atom. The van der Waals surface area contributed by atoms with Gasteiger partial charge in [-0.3, -0.25) is 9.59 Å². The predicted molar refractivity (Wildman–Crippen MR) is 262 cm³/mol. The van der Waals surface area contributed by atoms with Crippen molar-refractivity contribution in [3.05, 3.63) is 162 Å². The van der Waals surface area contributed by atoms with Crippen LogP contribution in [0.1, 0.15) is 51.7 Å². The van der Waals surface area contributed by atoms with Gasteiger partial charge in [0.1, 0.15) is 11.5 Å². The second-order valence-electron chi connectivity index (χ2n) is 14.3. The third kappa shape index (κ3) is 16.1. The van der Waals surface area contributed by atoms with Crippen LogP contribution in [0, 0.1) is 25.7 Å². The van der Waals surface area contributed by atoms with Gasteiger partial charge in [0.15, 0.2) is 0 Å². The molecule has 0 aliphatic heterocycles. The average Bonchev–Trinajstić information content (AvgIpc) is 3.83. The van der Waals surface area contributed by atoms with E-state index in [1.807, 2.05) is 53.9 Å². The highest BCUT2D eigenvalue weighted by molar-refractivity contribution is 8.76. The fourth-order valence-corrected chi connectivity index (χ4v) is 12.5. The van der Waals surface area contributed by atoms with Crippen LogP contribution >= 0.6 is 78.7 Å². The lowest BCUT2D eigenvalue weighted by Gasteiger charge is -2.13. The summed E-state index contributed by atoms with van der Waals surface area (Å²) in [4.78, 5) is 29.2. The molecule has 0 spiro atoms. The van der Waals surface area contributed by atoms with Gasteiger partial charge in [-0.15, -0.1) is 0 Å². The Morgan fingerprint density at radius 2 is 1.02 bits per heavy atom. The van der Waals surface area contributed by atoms with Crippen LogP contribution in [-0.4, -0.2) is 13.2 Å². The lowest BCUT2D eigenvalue weighted by atomic mass is 10.1. The van der Waals surface area contributed by atoms with Gasteiger partial charge in [-0.2, -0.15) is 0 Å². The molecule has 11 heteroatoms. The molecule has 0 fully saturated rings. The van der Waals surface area contributed by atoms with Crippen molar-refractivity contribution in [3.8, 4) is 32.4 Å². The Balaban J connectivity index is 0.000000177. The fourth-order valence-electron chi connectivity index (χ4n) is 5.22. The average molecular weight is 915 g/mol. The molecule has 0 N–H and O–H groups in total. The molecule has 7 rings (SSSR count). The second-order valence-corrected chi connectivity index (χ2v) is 22.3. The van der Waals surface area contributed by atoms with Gasteiger partial charge in [-0.05, 0) is 99.2 Å². The van der Waals surface area contributed by atoms with Crippen LogP contribution < -0.4 is 17.6 Å². The Bertz CT molecular complexity index is 2360. The van der Waals surface area contributed by atoms with E-state index >= 15 is 0 Å². The Morgan fingerprint density at radius 3 is 1.49 bits per heavy atom. The highest BCUT2D eigenvalue weighted by atomic mass is 33.1. The number of ether oxygens (including phenoxy) is 2. The van der Waals surface area contributed by atoms with Gasteiger partial charge in [0, 0.05) is 31.2 Å². The summed E-state index contributed by atoms with van der Waals surface area (Å²) in [5.41, 5.74) is 4.40. The monoisotopic (exact) mass is 914 g/mol. The zero-order chi connectivity index (χ0) is 42.0. The summed E-state index contributed by atoms with van der Waals surface area (Å²) in [5, 5.41) is 1.91. The van der Waals surface area contributed by atoms with E-state index in [-0.39, 0.29) is 8.11 Å². The van der Waals surface area contributed by atoms with E-state index in [9.17, 15) is 9.59 Å². The molecule has 0 aliphatic rings. The van der Waals surface area contributed by atoms with Crippen LogP contribution in [0.15, 0.2) is 161 Å². The maximum Gasteiger partial charge on any atom is 0.289 e. The molecule has 0 bridgehead atoms. The van der Waals surface area contributed by atoms with E-state index in [1.165, 1.54) is 60.7 Å². The first-order valence-corrected chi connectivity index (χ1v) is 25.7. The molecule has 0 atom stereocenters. The Labute approximate surface area is 377 Å². The van der Waals surface area contributed by atoms with Crippen LogP contribution in [0.25, 0.3) is 20.9 Å². The lowest BCUT2D eigenvalue weighted by Crippen LogP contribution is -2.02. The van der Waals surface area contributed by atoms with Crippen molar-refractivity contribution in [1.82, 2.24) is 0 Å². The topological polar surface area (TPSA) is 52.6 Å². The van der Waals surface area contributed by atoms with Crippen molar-refractivity contribution in [1.29, 1.82) is 0 Å². The minimum atomic E-state index is 0.119. The molecular formula is C48H50O4S7. The fraction of sp³-hybridized carbons (Fsp3) is 0.250. The zero-order valence-electron chi connectivity index (χ0n) is 34.2. The SMILES string of the molecule is Cc1ccc(OCCC(C)C)c(-c2csc(=O)s2)c1.Cc1ccc(OCCC(C)C)c(-c2sc(=O)sc2Sc2ccccc2)c1.c1ccc(SSc2ccccc2)cc1. The van der Waals surface area contributed by atoms with Crippen LogP contribution in [-0.2, 0) is 0 Å². The molecule has 2 heterocycles. The van der Waals surface area contributed by atoms with Crippen molar-refractivity contribution < 1.29 is 9.47 Å². The summed E-state index contributed by atoms with van der Waals surface area (Å²) >= 11 is 6.81. The van der Waals surface area contributed by atoms with Crippen LogP contribution in [0.3, 0.4) is 0 Å². The van der Waals surface area contributed by atoms with E-state index in [2.05, 4.69) is 120 Å². The molecule has 7 aromatic rings. The molecule has 0 amide bonds. The summed E-state index contributed by atoms with van der Waals surface area (Å²) in [6.45, 7) is 14.3. The van der Waals surface area contributed by atoms with Crippen molar-refractivity contribution >= 4 is 78.7 Å². The second kappa shape index (κ2) is 24.6. The van der Waals surface area contributed by atoms with E-state index in [0.717, 1.165) is 59.9 Å². The highest BCUT2D eigenvalue weighted by Gasteiger charge is 2.17. The summed E-state index contributed by atoms with van der Waals surface area (Å²) in [6, 6.07) is 43.4. The van der Waals surface area contributed by atoms with Crippen molar-refractivity contribution in [3.63, 3.8) is 0 Å². The summed E-state index contributed by atoms with van der Waals surface area (Å²) < 4.78 is 13.2. The van der Waals surface area contributed by atoms with Crippen molar-refractivity contribution in [2.75, 3.05) is 13.2 Å². The highest BCUT2D eigenvalue weighted by Crippen LogP contribution is 2.44. The van der Waals surface area contributed by atoms with Gasteiger partial charge in [-0.1, -0.05) is 184 Å². The molecule has 0 radical (unpaired) electrons. The van der Waals surface area contributed by atoms with Gasteiger partial charge in [0.25, 0.3) is 8.11 Å². The molecular weight excluding hydrogens is 865 g/mol. The van der Waals surface area contributed by atoms with Crippen molar-refractivity contribution in [2.24, 2.45) is 11.8 Å². The molecule has 0 saturated heterocycles. The number of rotatable bonds is 15. The van der Waals surface area contributed by atoms with Crippen LogP contribution in [0.5, 0.6) is 11.5 Å². The predicted octanol–water partition coefficient (Wildman–Crippen LogP) is 15.8. The number of benzene rings is 5. The van der Waals surface area contributed by atoms with Gasteiger partial charge < -0.3 is 9.47 Å². The summed E-state index contributed by atoms with van der Waals surface area (Å²) in [7, 11) is 3.58. The molecule has 0 saturated carbocycles. The first-order chi connectivity index (χ1) is 28.5. The Kier molecular flexibility index (Phi) is 19.4. The van der Waals surface area contributed by atoms with E-state index in [1.54, 1.807) is 33.3 Å². The van der Waals surface area contributed by atoms with E-state index in [4.69, 9.17) is 9.47 Å². The van der Waals surface area contributed by atoms with Gasteiger partial charge in [0.05, 0.1) is 27.2 Å². The third-order valence-corrected chi connectivity index (χ3v) is 16.2. The Hall–Kier alpha value is -3.55. The molecule has 5 aromatic carbocycles. The lowest BCUT2D eigenvalue weighted by molar-refractivity contribution is 0.290. The first kappa shape index (κ1) is 46.5.